The van der Waals surface area contributed by atoms with Gasteiger partial charge in [-0.05, 0) is 71.2 Å². The molecule has 22 heavy (non-hydrogen) atoms. The van der Waals surface area contributed by atoms with Gasteiger partial charge in [-0.3, -0.25) is 9.88 Å². The number of nitrogens with zero attached hydrogens (tertiary/aromatic N) is 2. The van der Waals surface area contributed by atoms with Crippen LogP contribution in [0.2, 0.25) is 0 Å². The Kier molecular flexibility index (Phi) is 6.59. The molecule has 3 heteroatoms. The molecular weight excluding hydrogens is 270 g/mol. The molecule has 2 rings (SSSR count). The second-order valence-electron chi connectivity index (χ2n) is 6.93. The lowest BCUT2D eigenvalue weighted by Gasteiger charge is -2.26. The van der Waals surface area contributed by atoms with Crippen LogP contribution in [0.5, 0.6) is 0 Å². The summed E-state index contributed by atoms with van der Waals surface area (Å²) in [4.78, 5) is 6.77. The fourth-order valence-corrected chi connectivity index (χ4v) is 3.39. The summed E-state index contributed by atoms with van der Waals surface area (Å²) in [6, 6.07) is 5.35. The molecule has 0 aliphatic carbocycles. The number of rotatable bonds is 7. The molecule has 0 amide bonds. The van der Waals surface area contributed by atoms with Crippen molar-refractivity contribution < 1.29 is 0 Å². The van der Waals surface area contributed by atoms with Crippen LogP contribution in [0.3, 0.4) is 0 Å². The molecule has 0 radical (unpaired) electrons. The Labute approximate surface area is 135 Å². The molecule has 0 unspecified atom stereocenters. The Morgan fingerprint density at radius 3 is 3.00 bits per heavy atom. The topological polar surface area (TPSA) is 28.2 Å². The first-order chi connectivity index (χ1) is 10.6. The third kappa shape index (κ3) is 4.92. The zero-order valence-electron chi connectivity index (χ0n) is 14.5. The molecule has 0 aromatic carbocycles. The number of likely N-dealkylation sites (tertiary alicyclic amines) is 1. The van der Waals surface area contributed by atoms with Gasteiger partial charge >= 0.3 is 0 Å². The van der Waals surface area contributed by atoms with Gasteiger partial charge in [-0.15, -0.1) is 0 Å². The van der Waals surface area contributed by atoms with E-state index in [1.165, 1.54) is 36.9 Å². The first-order valence-corrected chi connectivity index (χ1v) is 8.55. The predicted molar refractivity (Wildman–Crippen MR) is 93.8 cm³/mol. The zero-order chi connectivity index (χ0) is 15.9. The highest BCUT2D eigenvalue weighted by atomic mass is 15.2. The summed E-state index contributed by atoms with van der Waals surface area (Å²) < 4.78 is 0. The van der Waals surface area contributed by atoms with Crippen LogP contribution < -0.4 is 5.32 Å². The number of allylic oxidation sites excluding steroid dienone is 2. The van der Waals surface area contributed by atoms with Crippen molar-refractivity contribution in [1.82, 2.24) is 15.2 Å². The van der Waals surface area contributed by atoms with Crippen LogP contribution in [0.4, 0.5) is 0 Å². The molecule has 1 aliphatic rings. The molecule has 2 heterocycles. The maximum absolute atomic E-state index is 4.30. The van der Waals surface area contributed by atoms with Gasteiger partial charge in [-0.25, -0.2) is 0 Å². The van der Waals surface area contributed by atoms with Gasteiger partial charge < -0.3 is 5.32 Å². The third-order valence-electron chi connectivity index (χ3n) is 4.68. The van der Waals surface area contributed by atoms with Gasteiger partial charge in [0.1, 0.15) is 0 Å². The minimum absolute atomic E-state index is 0.506. The second kappa shape index (κ2) is 8.44. The van der Waals surface area contributed by atoms with Crippen molar-refractivity contribution in [2.24, 2.45) is 5.92 Å². The van der Waals surface area contributed by atoms with Crippen LogP contribution in [0.15, 0.2) is 36.2 Å². The van der Waals surface area contributed by atoms with Gasteiger partial charge in [0, 0.05) is 31.0 Å². The van der Waals surface area contributed by atoms with Crippen molar-refractivity contribution in [1.29, 1.82) is 0 Å². The molecule has 1 aliphatic heterocycles. The largest absolute Gasteiger partial charge is 0.314 e. The molecule has 1 aromatic heterocycles. The van der Waals surface area contributed by atoms with Crippen LogP contribution >= 0.6 is 0 Å². The van der Waals surface area contributed by atoms with E-state index in [-0.39, 0.29) is 0 Å². The molecule has 1 fully saturated rings. The van der Waals surface area contributed by atoms with Gasteiger partial charge in [-0.2, -0.15) is 0 Å². The van der Waals surface area contributed by atoms with Crippen molar-refractivity contribution >= 4 is 0 Å². The minimum Gasteiger partial charge on any atom is -0.314 e. The predicted octanol–water partition coefficient (Wildman–Crippen LogP) is 3.80. The summed E-state index contributed by atoms with van der Waals surface area (Å²) >= 11 is 0. The first-order valence-electron chi connectivity index (χ1n) is 8.55. The zero-order valence-corrected chi connectivity index (χ0v) is 14.5. The molecule has 1 N–H and O–H groups in total. The van der Waals surface area contributed by atoms with Crippen molar-refractivity contribution in [2.45, 2.75) is 52.1 Å². The maximum Gasteiger partial charge on any atom is 0.0401 e. The van der Waals surface area contributed by atoms with Gasteiger partial charge in [0.15, 0.2) is 0 Å². The van der Waals surface area contributed by atoms with E-state index in [1.54, 1.807) is 0 Å². The summed E-state index contributed by atoms with van der Waals surface area (Å²) in [5, 5.41) is 3.74. The molecule has 0 spiro atoms. The molecule has 122 valence electrons. The molecular formula is C19H31N3. The van der Waals surface area contributed by atoms with Gasteiger partial charge in [-0.1, -0.05) is 17.7 Å². The van der Waals surface area contributed by atoms with Gasteiger partial charge in [0.2, 0.25) is 0 Å². The summed E-state index contributed by atoms with van der Waals surface area (Å²) in [6.07, 6.45) is 9.87. The lowest BCUT2D eigenvalue weighted by molar-refractivity contribution is 0.267. The Balaban J connectivity index is 1.85. The van der Waals surface area contributed by atoms with Gasteiger partial charge in [0.25, 0.3) is 0 Å². The molecule has 0 bridgehead atoms. The van der Waals surface area contributed by atoms with Crippen molar-refractivity contribution in [3.05, 3.63) is 41.7 Å². The molecule has 1 aromatic rings. The molecule has 1 saturated heterocycles. The van der Waals surface area contributed by atoms with E-state index in [1.807, 2.05) is 18.5 Å². The lowest BCUT2D eigenvalue weighted by atomic mass is 9.94. The summed E-state index contributed by atoms with van der Waals surface area (Å²) in [5.74, 6) is 0.681. The lowest BCUT2D eigenvalue weighted by Crippen LogP contribution is -2.33. The highest BCUT2D eigenvalue weighted by molar-refractivity contribution is 5.17. The molecule has 3 nitrogen and oxygen atoms in total. The van der Waals surface area contributed by atoms with E-state index in [2.05, 4.69) is 55.2 Å². The molecule has 3 atom stereocenters. The van der Waals surface area contributed by atoms with Crippen molar-refractivity contribution in [3.8, 4) is 0 Å². The van der Waals surface area contributed by atoms with Gasteiger partial charge in [0.05, 0.1) is 0 Å². The number of pyridine rings is 1. The minimum atomic E-state index is 0.506. The van der Waals surface area contributed by atoms with E-state index >= 15 is 0 Å². The summed E-state index contributed by atoms with van der Waals surface area (Å²) in [6.45, 7) is 8.92. The fourth-order valence-electron chi connectivity index (χ4n) is 3.39. The average Bonchev–Trinajstić information content (AvgIpc) is 2.86. The van der Waals surface area contributed by atoms with Crippen molar-refractivity contribution in [3.63, 3.8) is 0 Å². The van der Waals surface area contributed by atoms with E-state index in [0.717, 1.165) is 6.54 Å². The van der Waals surface area contributed by atoms with E-state index in [9.17, 15) is 0 Å². The van der Waals surface area contributed by atoms with Crippen LogP contribution in [-0.2, 0) is 0 Å². The summed E-state index contributed by atoms with van der Waals surface area (Å²) in [7, 11) is 2.23. The third-order valence-corrected chi connectivity index (χ3v) is 4.68. The number of aromatic nitrogens is 1. The smallest absolute Gasteiger partial charge is 0.0401 e. The highest BCUT2D eigenvalue weighted by Crippen LogP contribution is 2.35. The number of hydrogen-bond acceptors (Lipinski definition) is 3. The highest BCUT2D eigenvalue weighted by Gasteiger charge is 2.32. The van der Waals surface area contributed by atoms with Crippen LogP contribution in [0.25, 0.3) is 0 Å². The molecule has 0 saturated carbocycles. The Morgan fingerprint density at radius 2 is 2.32 bits per heavy atom. The Morgan fingerprint density at radius 1 is 1.50 bits per heavy atom. The Bertz CT molecular complexity index is 465. The maximum atomic E-state index is 4.30. The normalized spacial score (nSPS) is 23.5. The van der Waals surface area contributed by atoms with E-state index < -0.39 is 0 Å². The van der Waals surface area contributed by atoms with Crippen molar-refractivity contribution in [2.75, 3.05) is 20.1 Å². The monoisotopic (exact) mass is 301 g/mol. The van der Waals surface area contributed by atoms with Crippen LogP contribution in [0, 0.1) is 5.92 Å². The van der Waals surface area contributed by atoms with Crippen LogP contribution in [-0.4, -0.2) is 36.1 Å². The average molecular weight is 301 g/mol. The standard InChI is InChI=1S/C19H31N3/c1-15(2)7-5-8-16(3)21-14-18-10-12-22(4)19(18)17-9-6-11-20-13-17/h6-7,9,11,13,16,18-19,21H,5,8,10,12,14H2,1-4H3/t16-,18+,19+/m1/s1. The summed E-state index contributed by atoms with van der Waals surface area (Å²) in [5.41, 5.74) is 2.77. The first kappa shape index (κ1) is 17.2. The quantitative estimate of drug-likeness (QED) is 0.777. The number of hydrogen-bond donors (Lipinski definition) is 1. The Hall–Kier alpha value is -1.19. The fraction of sp³-hybridized carbons (Fsp3) is 0.632. The SMILES string of the molecule is CC(C)=CCC[C@@H](C)NC[C@@H]1CCN(C)[C@H]1c1cccnc1. The van der Waals surface area contributed by atoms with Crippen LogP contribution in [0.1, 0.15) is 51.6 Å². The van der Waals surface area contributed by atoms with E-state index in [4.69, 9.17) is 0 Å². The number of nitrogens with one attached hydrogen (secondary N) is 1. The second-order valence-corrected chi connectivity index (χ2v) is 6.93. The van der Waals surface area contributed by atoms with E-state index in [0.29, 0.717) is 18.0 Å².